The third-order valence-corrected chi connectivity index (χ3v) is 9.01. The van der Waals surface area contributed by atoms with Gasteiger partial charge in [0.15, 0.2) is 5.82 Å². The number of aliphatic hydroxyl groups is 1. The van der Waals surface area contributed by atoms with Crippen LogP contribution in [0.1, 0.15) is 27.6 Å². The molecule has 0 spiro atoms. The second kappa shape index (κ2) is 12.8. The Kier molecular flexibility index (Phi) is 8.91. The van der Waals surface area contributed by atoms with Gasteiger partial charge in [-0.25, -0.2) is 9.97 Å². The summed E-state index contributed by atoms with van der Waals surface area (Å²) in [6.45, 7) is 2.87. The summed E-state index contributed by atoms with van der Waals surface area (Å²) in [5, 5.41) is 17.1. The molecular weight excluding hydrogens is 603 g/mol. The van der Waals surface area contributed by atoms with Crippen LogP contribution in [0.2, 0.25) is 10.0 Å². The summed E-state index contributed by atoms with van der Waals surface area (Å²) < 4.78 is 12.8. The van der Waals surface area contributed by atoms with Crippen LogP contribution in [0.5, 0.6) is 5.88 Å². The molecule has 1 fully saturated rings. The van der Waals surface area contributed by atoms with E-state index in [4.69, 9.17) is 37.7 Å². The van der Waals surface area contributed by atoms with Crippen LogP contribution < -0.4 is 15.4 Å². The maximum Gasteiger partial charge on any atom is 0.291 e. The van der Waals surface area contributed by atoms with E-state index in [1.54, 1.807) is 13.2 Å². The standard InChI is InChI=1S/C32H34Cl2N6O4/c1-39-13-12-26-24(15-39)36-30(40(26)2)31(42)37-23-9-5-7-20(29(23)34)19-6-4-8-21(28(19)33)22-11-10-18(32(38-22)43-3)14-35-25-16-44-17-27(25)41/h4-11,25,27,35,41H,12-17H2,1-3H3,(H,37,42)/t25-,27-/m0/s1. The molecule has 12 heteroatoms. The number of methoxy groups -OCH3 is 1. The Morgan fingerprint density at radius 3 is 2.55 bits per heavy atom. The second-order valence-corrected chi connectivity index (χ2v) is 11.9. The van der Waals surface area contributed by atoms with Crippen LogP contribution in [0.15, 0.2) is 48.5 Å². The molecule has 2 atom stereocenters. The monoisotopic (exact) mass is 636 g/mol. The minimum Gasteiger partial charge on any atom is -0.481 e. The number of pyridine rings is 1. The molecule has 0 saturated carbocycles. The van der Waals surface area contributed by atoms with Crippen LogP contribution in [0.4, 0.5) is 5.69 Å². The molecule has 0 radical (unpaired) electrons. The van der Waals surface area contributed by atoms with Gasteiger partial charge in [-0.1, -0.05) is 59.6 Å². The molecule has 10 nitrogen and oxygen atoms in total. The van der Waals surface area contributed by atoms with Crippen molar-refractivity contribution in [3.8, 4) is 28.3 Å². The van der Waals surface area contributed by atoms with Crippen molar-refractivity contribution in [3.05, 3.63) is 81.4 Å². The number of hydrogen-bond donors (Lipinski definition) is 3. The highest BCUT2D eigenvalue weighted by atomic mass is 35.5. The number of nitrogens with zero attached hydrogens (tertiary/aromatic N) is 4. The number of amides is 1. The molecule has 0 bridgehead atoms. The van der Waals surface area contributed by atoms with Crippen LogP contribution >= 0.6 is 23.2 Å². The zero-order valence-electron chi connectivity index (χ0n) is 24.7. The van der Waals surface area contributed by atoms with E-state index in [0.29, 0.717) is 76.1 Å². The fraction of sp³-hybridized carbons (Fsp3) is 0.344. The number of rotatable bonds is 8. The zero-order chi connectivity index (χ0) is 31.0. The van der Waals surface area contributed by atoms with Gasteiger partial charge < -0.3 is 34.7 Å². The number of halogens is 2. The number of likely N-dealkylation sites (N-methyl/N-ethyl adjacent to an activating group) is 1. The minimum absolute atomic E-state index is 0.146. The number of hydrogen-bond acceptors (Lipinski definition) is 8. The fourth-order valence-corrected chi connectivity index (χ4v) is 6.32. The zero-order valence-corrected chi connectivity index (χ0v) is 26.2. The molecule has 2 aliphatic heterocycles. The molecule has 3 N–H and O–H groups in total. The van der Waals surface area contributed by atoms with Crippen LogP contribution in [0, 0.1) is 0 Å². The number of benzene rings is 2. The van der Waals surface area contributed by atoms with Gasteiger partial charge in [0.25, 0.3) is 5.91 Å². The van der Waals surface area contributed by atoms with Crippen molar-refractivity contribution < 1.29 is 19.4 Å². The molecule has 4 aromatic rings. The molecule has 2 aromatic carbocycles. The third kappa shape index (κ3) is 5.93. The van der Waals surface area contributed by atoms with E-state index < -0.39 is 6.10 Å². The van der Waals surface area contributed by atoms with Gasteiger partial charge in [-0.3, -0.25) is 4.79 Å². The number of fused-ring (bicyclic) bond motifs is 1. The smallest absolute Gasteiger partial charge is 0.291 e. The van der Waals surface area contributed by atoms with Crippen molar-refractivity contribution in [2.45, 2.75) is 31.7 Å². The highest BCUT2D eigenvalue weighted by Crippen LogP contribution is 2.41. The molecule has 2 aromatic heterocycles. The molecule has 0 aliphatic carbocycles. The second-order valence-electron chi connectivity index (χ2n) is 11.1. The quantitative estimate of drug-likeness (QED) is 0.258. The Hall–Kier alpha value is -3.51. The van der Waals surface area contributed by atoms with Gasteiger partial charge in [-0.2, -0.15) is 0 Å². The highest BCUT2D eigenvalue weighted by Gasteiger charge is 2.27. The van der Waals surface area contributed by atoms with Crippen LogP contribution in [0.3, 0.4) is 0 Å². The Morgan fingerprint density at radius 1 is 1.05 bits per heavy atom. The predicted octanol–water partition coefficient (Wildman–Crippen LogP) is 4.55. The average Bonchev–Trinajstić information content (AvgIpc) is 3.58. The topological polar surface area (TPSA) is 114 Å². The Balaban J connectivity index is 1.25. The van der Waals surface area contributed by atoms with Crippen molar-refractivity contribution in [3.63, 3.8) is 0 Å². The van der Waals surface area contributed by atoms with E-state index >= 15 is 0 Å². The van der Waals surface area contributed by atoms with Crippen molar-refractivity contribution in [1.82, 2.24) is 24.8 Å². The SMILES string of the molecule is COc1nc(-c2cccc(-c3cccc(NC(=O)c4nc5c(n4C)CCN(C)C5)c3Cl)c2Cl)ccc1CN[C@H]1COC[C@@H]1O. The third-order valence-electron chi connectivity index (χ3n) is 8.20. The van der Waals surface area contributed by atoms with Gasteiger partial charge in [0.2, 0.25) is 5.88 Å². The maximum atomic E-state index is 13.3. The summed E-state index contributed by atoms with van der Waals surface area (Å²) in [5.74, 6) is 0.470. The first-order valence-electron chi connectivity index (χ1n) is 14.4. The Labute approximate surface area is 265 Å². The predicted molar refractivity (Wildman–Crippen MR) is 170 cm³/mol. The lowest BCUT2D eigenvalue weighted by Crippen LogP contribution is -2.38. The fourth-order valence-electron chi connectivity index (χ4n) is 5.72. The number of aromatic nitrogens is 3. The molecule has 4 heterocycles. The van der Waals surface area contributed by atoms with E-state index in [0.717, 1.165) is 29.9 Å². The van der Waals surface area contributed by atoms with E-state index in [2.05, 4.69) is 20.5 Å². The lowest BCUT2D eigenvalue weighted by atomic mass is 10.00. The summed E-state index contributed by atoms with van der Waals surface area (Å²) in [6.07, 6.45) is 0.296. The van der Waals surface area contributed by atoms with Gasteiger partial charge in [-0.05, 0) is 19.2 Å². The number of nitrogens with one attached hydrogen (secondary N) is 2. The lowest BCUT2D eigenvalue weighted by molar-refractivity contribution is 0.101. The van der Waals surface area contributed by atoms with Gasteiger partial charge in [-0.15, -0.1) is 0 Å². The minimum atomic E-state index is -0.546. The van der Waals surface area contributed by atoms with E-state index in [-0.39, 0.29) is 11.9 Å². The summed E-state index contributed by atoms with van der Waals surface area (Å²) >= 11 is 13.9. The average molecular weight is 638 g/mol. The van der Waals surface area contributed by atoms with Crippen molar-refractivity contribution in [1.29, 1.82) is 0 Å². The molecular formula is C32H34Cl2N6O4. The first kappa shape index (κ1) is 30.5. The summed E-state index contributed by atoms with van der Waals surface area (Å²) in [6, 6.07) is 14.8. The van der Waals surface area contributed by atoms with E-state index in [1.807, 2.05) is 61.1 Å². The number of ether oxygens (including phenoxy) is 2. The summed E-state index contributed by atoms with van der Waals surface area (Å²) in [4.78, 5) is 24.9. The van der Waals surface area contributed by atoms with Gasteiger partial charge in [0.1, 0.15) is 0 Å². The molecule has 1 saturated heterocycles. The lowest BCUT2D eigenvalue weighted by Gasteiger charge is -2.21. The van der Waals surface area contributed by atoms with E-state index in [9.17, 15) is 9.90 Å². The summed E-state index contributed by atoms with van der Waals surface area (Å²) in [5.41, 5.74) is 6.00. The molecule has 230 valence electrons. The highest BCUT2D eigenvalue weighted by molar-refractivity contribution is 6.39. The normalized spacial score (nSPS) is 18.3. The summed E-state index contributed by atoms with van der Waals surface area (Å²) in [7, 11) is 5.48. The number of anilines is 1. The molecule has 44 heavy (non-hydrogen) atoms. The first-order chi connectivity index (χ1) is 21.2. The maximum absolute atomic E-state index is 13.3. The number of carbonyl (C=O) groups excluding carboxylic acids is 1. The number of aliphatic hydroxyl groups excluding tert-OH is 1. The van der Waals surface area contributed by atoms with Crippen molar-refractivity contribution >= 4 is 34.8 Å². The van der Waals surface area contributed by atoms with Gasteiger partial charge in [0.05, 0.1) is 59.6 Å². The first-order valence-corrected chi connectivity index (χ1v) is 15.2. The number of carbonyl (C=O) groups is 1. The molecule has 2 aliphatic rings. The molecule has 1 amide bonds. The van der Waals surface area contributed by atoms with E-state index in [1.165, 1.54) is 0 Å². The van der Waals surface area contributed by atoms with Gasteiger partial charge in [0, 0.05) is 61.1 Å². The van der Waals surface area contributed by atoms with Crippen LogP contribution in [-0.2, 0) is 31.3 Å². The van der Waals surface area contributed by atoms with Crippen molar-refractivity contribution in [2.24, 2.45) is 7.05 Å². The van der Waals surface area contributed by atoms with Crippen LogP contribution in [-0.4, -0.2) is 76.5 Å². The molecule has 6 rings (SSSR count). The van der Waals surface area contributed by atoms with Crippen LogP contribution in [0.25, 0.3) is 22.4 Å². The largest absolute Gasteiger partial charge is 0.481 e. The Morgan fingerprint density at radius 2 is 1.80 bits per heavy atom. The Bertz CT molecular complexity index is 1710. The number of imidazole rings is 1. The van der Waals surface area contributed by atoms with Gasteiger partial charge >= 0.3 is 0 Å². The van der Waals surface area contributed by atoms with Crippen molar-refractivity contribution in [2.75, 3.05) is 39.2 Å². The molecule has 0 unspecified atom stereocenters.